The first-order valence-corrected chi connectivity index (χ1v) is 5.86. The van der Waals surface area contributed by atoms with Crippen LogP contribution in [0.1, 0.15) is 18.4 Å². The number of likely N-dealkylation sites (tertiary alicyclic amines) is 1. The van der Waals surface area contributed by atoms with Crippen molar-refractivity contribution >= 4 is 0 Å². The highest BCUT2D eigenvalue weighted by Crippen LogP contribution is 2.19. The fourth-order valence-electron chi connectivity index (χ4n) is 2.29. The lowest BCUT2D eigenvalue weighted by molar-refractivity contribution is 0.0129. The van der Waals surface area contributed by atoms with Crippen LogP contribution in [0.2, 0.25) is 0 Å². The van der Waals surface area contributed by atoms with Gasteiger partial charge in [-0.05, 0) is 18.4 Å². The van der Waals surface area contributed by atoms with Gasteiger partial charge in [0, 0.05) is 19.1 Å². The Bertz CT molecular complexity index is 315. The van der Waals surface area contributed by atoms with Gasteiger partial charge in [0.2, 0.25) is 0 Å². The molecule has 88 valence electrons. The van der Waals surface area contributed by atoms with Gasteiger partial charge >= 0.3 is 0 Å². The Morgan fingerprint density at radius 2 is 2.00 bits per heavy atom. The number of piperidine rings is 1. The van der Waals surface area contributed by atoms with Crippen LogP contribution in [0.25, 0.3) is 0 Å². The van der Waals surface area contributed by atoms with Gasteiger partial charge in [-0.2, -0.15) is 0 Å². The molecule has 2 N–H and O–H groups in total. The SMILES string of the molecule is OC[C@@H]1C[C@@H](O)CCN1Cc1ccccc1. The van der Waals surface area contributed by atoms with E-state index in [1.54, 1.807) is 0 Å². The molecule has 1 aliphatic rings. The Labute approximate surface area is 96.3 Å². The van der Waals surface area contributed by atoms with Crippen LogP contribution in [0.15, 0.2) is 30.3 Å². The zero-order valence-electron chi connectivity index (χ0n) is 9.42. The van der Waals surface area contributed by atoms with Crippen LogP contribution in [-0.4, -0.2) is 40.4 Å². The van der Waals surface area contributed by atoms with E-state index < -0.39 is 0 Å². The molecule has 0 radical (unpaired) electrons. The van der Waals surface area contributed by atoms with Gasteiger partial charge in [-0.1, -0.05) is 30.3 Å². The van der Waals surface area contributed by atoms with E-state index in [2.05, 4.69) is 17.0 Å². The number of rotatable bonds is 3. The van der Waals surface area contributed by atoms with Crippen molar-refractivity contribution in [2.75, 3.05) is 13.2 Å². The van der Waals surface area contributed by atoms with Crippen molar-refractivity contribution < 1.29 is 10.2 Å². The number of aliphatic hydroxyl groups is 2. The summed E-state index contributed by atoms with van der Waals surface area (Å²) in [6, 6.07) is 10.4. The molecular weight excluding hydrogens is 202 g/mol. The van der Waals surface area contributed by atoms with Gasteiger partial charge in [0.25, 0.3) is 0 Å². The molecule has 0 aromatic heterocycles. The minimum absolute atomic E-state index is 0.101. The smallest absolute Gasteiger partial charge is 0.0587 e. The second kappa shape index (κ2) is 5.43. The third kappa shape index (κ3) is 2.82. The second-order valence-electron chi connectivity index (χ2n) is 4.47. The Morgan fingerprint density at radius 1 is 1.25 bits per heavy atom. The third-order valence-electron chi connectivity index (χ3n) is 3.25. The van der Waals surface area contributed by atoms with E-state index >= 15 is 0 Å². The molecule has 1 heterocycles. The molecular formula is C13H19NO2. The van der Waals surface area contributed by atoms with Crippen molar-refractivity contribution in [2.45, 2.75) is 31.5 Å². The highest BCUT2D eigenvalue weighted by molar-refractivity contribution is 5.14. The fraction of sp³-hybridized carbons (Fsp3) is 0.538. The van der Waals surface area contributed by atoms with E-state index in [4.69, 9.17) is 0 Å². The minimum atomic E-state index is -0.246. The lowest BCUT2D eigenvalue weighted by atomic mass is 9.99. The first-order valence-electron chi connectivity index (χ1n) is 5.86. The van der Waals surface area contributed by atoms with Gasteiger partial charge in [-0.15, -0.1) is 0 Å². The summed E-state index contributed by atoms with van der Waals surface area (Å²) < 4.78 is 0. The molecule has 0 spiro atoms. The Kier molecular flexibility index (Phi) is 3.93. The maximum Gasteiger partial charge on any atom is 0.0587 e. The molecule has 0 amide bonds. The summed E-state index contributed by atoms with van der Waals surface area (Å²) >= 11 is 0. The van der Waals surface area contributed by atoms with E-state index in [0.29, 0.717) is 6.42 Å². The van der Waals surface area contributed by atoms with Gasteiger partial charge in [-0.25, -0.2) is 0 Å². The van der Waals surface area contributed by atoms with Gasteiger partial charge in [0.15, 0.2) is 0 Å². The van der Waals surface area contributed by atoms with E-state index in [1.807, 2.05) is 18.2 Å². The van der Waals surface area contributed by atoms with Crippen LogP contribution in [0.3, 0.4) is 0 Å². The zero-order chi connectivity index (χ0) is 11.4. The topological polar surface area (TPSA) is 43.7 Å². The van der Waals surface area contributed by atoms with Gasteiger partial charge in [-0.3, -0.25) is 4.90 Å². The van der Waals surface area contributed by atoms with E-state index in [9.17, 15) is 10.2 Å². The second-order valence-corrected chi connectivity index (χ2v) is 4.47. The molecule has 2 atom stereocenters. The molecule has 3 heteroatoms. The van der Waals surface area contributed by atoms with Gasteiger partial charge in [0.1, 0.15) is 0 Å². The molecule has 1 aromatic rings. The van der Waals surface area contributed by atoms with Gasteiger partial charge < -0.3 is 10.2 Å². The van der Waals surface area contributed by atoms with Crippen molar-refractivity contribution in [1.82, 2.24) is 4.90 Å². The highest BCUT2D eigenvalue weighted by Gasteiger charge is 2.26. The summed E-state index contributed by atoms with van der Waals surface area (Å²) in [6.45, 7) is 1.85. The van der Waals surface area contributed by atoms with E-state index in [-0.39, 0.29) is 18.8 Å². The summed E-state index contributed by atoms with van der Waals surface area (Å²) in [5, 5.41) is 18.9. The number of benzene rings is 1. The van der Waals surface area contributed by atoms with Crippen LogP contribution < -0.4 is 0 Å². The molecule has 0 unspecified atom stereocenters. The minimum Gasteiger partial charge on any atom is -0.395 e. The van der Waals surface area contributed by atoms with Crippen molar-refractivity contribution in [2.24, 2.45) is 0 Å². The first kappa shape index (κ1) is 11.6. The summed E-state index contributed by atoms with van der Waals surface area (Å²) in [4.78, 5) is 2.25. The lowest BCUT2D eigenvalue weighted by Gasteiger charge is -2.36. The highest BCUT2D eigenvalue weighted by atomic mass is 16.3. The molecule has 16 heavy (non-hydrogen) atoms. The Hall–Kier alpha value is -0.900. The van der Waals surface area contributed by atoms with Crippen LogP contribution >= 0.6 is 0 Å². The molecule has 2 rings (SSSR count). The number of nitrogens with zero attached hydrogens (tertiary/aromatic N) is 1. The molecule has 1 aliphatic heterocycles. The molecule has 0 bridgehead atoms. The average molecular weight is 221 g/mol. The molecule has 3 nitrogen and oxygen atoms in total. The predicted octanol–water partition coefficient (Wildman–Crippen LogP) is 1.00. The van der Waals surface area contributed by atoms with E-state index in [1.165, 1.54) is 5.56 Å². The lowest BCUT2D eigenvalue weighted by Crippen LogP contribution is -2.45. The number of hydrogen-bond donors (Lipinski definition) is 2. The predicted molar refractivity (Wildman–Crippen MR) is 63.0 cm³/mol. The van der Waals surface area contributed by atoms with E-state index in [0.717, 1.165) is 19.5 Å². The molecule has 1 fully saturated rings. The van der Waals surface area contributed by atoms with Crippen molar-refractivity contribution in [3.05, 3.63) is 35.9 Å². The van der Waals surface area contributed by atoms with Crippen LogP contribution in [0.4, 0.5) is 0 Å². The number of hydrogen-bond acceptors (Lipinski definition) is 3. The number of aliphatic hydroxyl groups excluding tert-OH is 2. The summed E-state index contributed by atoms with van der Waals surface area (Å²) in [7, 11) is 0. The quantitative estimate of drug-likeness (QED) is 0.800. The van der Waals surface area contributed by atoms with Crippen LogP contribution in [-0.2, 0) is 6.54 Å². The maximum absolute atomic E-state index is 9.56. The average Bonchev–Trinajstić information content (AvgIpc) is 2.33. The largest absolute Gasteiger partial charge is 0.395 e. The first-order chi connectivity index (χ1) is 7.79. The normalized spacial score (nSPS) is 26.9. The Morgan fingerprint density at radius 3 is 2.69 bits per heavy atom. The van der Waals surface area contributed by atoms with Gasteiger partial charge in [0.05, 0.1) is 12.7 Å². The Balaban J connectivity index is 1.98. The summed E-state index contributed by atoms with van der Waals surface area (Å²) in [6.07, 6.45) is 1.25. The van der Waals surface area contributed by atoms with Crippen LogP contribution in [0, 0.1) is 0 Å². The standard InChI is InChI=1S/C13H19NO2/c15-10-12-8-13(16)6-7-14(12)9-11-4-2-1-3-5-11/h1-5,12-13,15-16H,6-10H2/t12-,13-/m0/s1. The molecule has 1 aromatic carbocycles. The molecule has 1 saturated heterocycles. The third-order valence-corrected chi connectivity index (χ3v) is 3.25. The zero-order valence-corrected chi connectivity index (χ0v) is 9.42. The molecule has 0 aliphatic carbocycles. The maximum atomic E-state index is 9.56. The van der Waals surface area contributed by atoms with Crippen LogP contribution in [0.5, 0.6) is 0 Å². The summed E-state index contributed by atoms with van der Waals surface area (Å²) in [5.41, 5.74) is 1.26. The monoisotopic (exact) mass is 221 g/mol. The summed E-state index contributed by atoms with van der Waals surface area (Å²) in [5.74, 6) is 0. The van der Waals surface area contributed by atoms with Crippen molar-refractivity contribution in [3.8, 4) is 0 Å². The van der Waals surface area contributed by atoms with Crippen molar-refractivity contribution in [3.63, 3.8) is 0 Å². The fourth-order valence-corrected chi connectivity index (χ4v) is 2.29. The molecule has 0 saturated carbocycles. The van der Waals surface area contributed by atoms with Crippen molar-refractivity contribution in [1.29, 1.82) is 0 Å².